The van der Waals surface area contributed by atoms with Crippen molar-refractivity contribution >= 4 is 11.6 Å². The van der Waals surface area contributed by atoms with Crippen molar-refractivity contribution in [1.29, 1.82) is 0 Å². The lowest BCUT2D eigenvalue weighted by Crippen LogP contribution is -2.39. The Kier molecular flexibility index (Phi) is 6.30. The highest BCUT2D eigenvalue weighted by molar-refractivity contribution is 6.30. The van der Waals surface area contributed by atoms with Gasteiger partial charge in [-0.2, -0.15) is 0 Å². The molecule has 112 valence electrons. The van der Waals surface area contributed by atoms with E-state index in [0.29, 0.717) is 12.6 Å². The van der Waals surface area contributed by atoms with Crippen molar-refractivity contribution in [1.82, 2.24) is 10.2 Å². The number of methoxy groups -OCH3 is 1. The molecular weight excluding hydrogens is 272 g/mol. The normalized spacial score (nSPS) is 21.1. The van der Waals surface area contributed by atoms with E-state index in [1.807, 2.05) is 12.1 Å². The first kappa shape index (κ1) is 15.8. The standard InChI is InChI=1S/C16H25ClN2O/c1-19(11-13-4-3-9-18-10-13)16(12-20-2)14-5-7-15(17)8-6-14/h5-8,13,16,18H,3-4,9-12H2,1-2H3. The fourth-order valence-electron chi connectivity index (χ4n) is 2.94. The van der Waals surface area contributed by atoms with Gasteiger partial charge in [0, 0.05) is 18.7 Å². The Balaban J connectivity index is 2.00. The smallest absolute Gasteiger partial charge is 0.0659 e. The summed E-state index contributed by atoms with van der Waals surface area (Å²) in [4.78, 5) is 2.41. The van der Waals surface area contributed by atoms with E-state index in [-0.39, 0.29) is 0 Å². The van der Waals surface area contributed by atoms with E-state index < -0.39 is 0 Å². The number of hydrogen-bond acceptors (Lipinski definition) is 3. The van der Waals surface area contributed by atoms with Crippen LogP contribution in [0.1, 0.15) is 24.4 Å². The van der Waals surface area contributed by atoms with Crippen molar-refractivity contribution < 1.29 is 4.74 Å². The van der Waals surface area contributed by atoms with Crippen molar-refractivity contribution in [2.24, 2.45) is 5.92 Å². The summed E-state index contributed by atoms with van der Waals surface area (Å²) in [5.74, 6) is 0.736. The zero-order valence-electron chi connectivity index (χ0n) is 12.4. The first-order chi connectivity index (χ1) is 9.70. The number of halogens is 1. The highest BCUT2D eigenvalue weighted by atomic mass is 35.5. The molecule has 2 atom stereocenters. The number of piperidine rings is 1. The quantitative estimate of drug-likeness (QED) is 0.873. The number of nitrogens with zero attached hydrogens (tertiary/aromatic N) is 1. The maximum absolute atomic E-state index is 5.98. The predicted octanol–water partition coefficient (Wildman–Crippen LogP) is 2.96. The zero-order chi connectivity index (χ0) is 14.4. The van der Waals surface area contributed by atoms with Gasteiger partial charge < -0.3 is 10.1 Å². The molecule has 1 fully saturated rings. The summed E-state index contributed by atoms with van der Waals surface area (Å²) in [5.41, 5.74) is 1.27. The van der Waals surface area contributed by atoms with Gasteiger partial charge in [0.1, 0.15) is 0 Å². The topological polar surface area (TPSA) is 24.5 Å². The average Bonchev–Trinajstić information content (AvgIpc) is 2.47. The molecular formula is C16H25ClN2O. The second-order valence-corrected chi connectivity index (χ2v) is 6.11. The van der Waals surface area contributed by atoms with Crippen LogP contribution >= 0.6 is 11.6 Å². The molecule has 0 saturated carbocycles. The monoisotopic (exact) mass is 296 g/mol. The molecule has 1 aromatic carbocycles. The van der Waals surface area contributed by atoms with Crippen molar-refractivity contribution in [3.8, 4) is 0 Å². The van der Waals surface area contributed by atoms with E-state index in [1.54, 1.807) is 7.11 Å². The van der Waals surface area contributed by atoms with Crippen LogP contribution in [0.4, 0.5) is 0 Å². The lowest BCUT2D eigenvalue weighted by molar-refractivity contribution is 0.0926. The van der Waals surface area contributed by atoms with Crippen LogP contribution < -0.4 is 5.32 Å². The average molecular weight is 297 g/mol. The number of ether oxygens (including phenoxy) is 1. The number of nitrogens with one attached hydrogen (secondary N) is 1. The minimum Gasteiger partial charge on any atom is -0.383 e. The number of benzene rings is 1. The molecule has 4 heteroatoms. The van der Waals surface area contributed by atoms with Gasteiger partial charge in [0.25, 0.3) is 0 Å². The number of hydrogen-bond donors (Lipinski definition) is 1. The lowest BCUT2D eigenvalue weighted by atomic mass is 9.97. The molecule has 0 aliphatic carbocycles. The largest absolute Gasteiger partial charge is 0.383 e. The lowest BCUT2D eigenvalue weighted by Gasteiger charge is -2.33. The summed E-state index contributed by atoms with van der Waals surface area (Å²) in [6, 6.07) is 8.40. The van der Waals surface area contributed by atoms with E-state index in [9.17, 15) is 0 Å². The third-order valence-electron chi connectivity index (χ3n) is 4.06. The maximum Gasteiger partial charge on any atom is 0.0659 e. The van der Waals surface area contributed by atoms with Crippen LogP contribution in [0.3, 0.4) is 0 Å². The third-order valence-corrected chi connectivity index (χ3v) is 4.31. The van der Waals surface area contributed by atoms with Crippen LogP contribution in [0.25, 0.3) is 0 Å². The van der Waals surface area contributed by atoms with E-state index in [2.05, 4.69) is 29.4 Å². The molecule has 1 N–H and O–H groups in total. The van der Waals surface area contributed by atoms with Crippen molar-refractivity contribution in [2.45, 2.75) is 18.9 Å². The van der Waals surface area contributed by atoms with Gasteiger partial charge in [-0.05, 0) is 56.6 Å². The summed E-state index contributed by atoms with van der Waals surface area (Å²) in [7, 11) is 3.95. The van der Waals surface area contributed by atoms with Crippen LogP contribution in [0, 0.1) is 5.92 Å². The highest BCUT2D eigenvalue weighted by Crippen LogP contribution is 2.23. The predicted molar refractivity (Wildman–Crippen MR) is 84.3 cm³/mol. The first-order valence-electron chi connectivity index (χ1n) is 7.36. The first-order valence-corrected chi connectivity index (χ1v) is 7.74. The minimum atomic E-state index is 0.291. The third kappa shape index (κ3) is 4.45. The Bertz CT molecular complexity index is 390. The van der Waals surface area contributed by atoms with Crippen LogP contribution in [-0.2, 0) is 4.74 Å². The van der Waals surface area contributed by atoms with E-state index in [1.165, 1.54) is 24.9 Å². The molecule has 0 amide bonds. The van der Waals surface area contributed by atoms with Crippen LogP contribution in [0.5, 0.6) is 0 Å². The molecule has 0 radical (unpaired) electrons. The van der Waals surface area contributed by atoms with Crippen LogP contribution in [0.2, 0.25) is 5.02 Å². The molecule has 0 bridgehead atoms. The van der Waals surface area contributed by atoms with Gasteiger partial charge in [-0.3, -0.25) is 4.90 Å². The van der Waals surface area contributed by atoms with Gasteiger partial charge in [0.05, 0.1) is 12.6 Å². The van der Waals surface area contributed by atoms with Gasteiger partial charge in [-0.1, -0.05) is 23.7 Å². The second-order valence-electron chi connectivity index (χ2n) is 5.67. The highest BCUT2D eigenvalue weighted by Gasteiger charge is 2.21. The van der Waals surface area contributed by atoms with Crippen LogP contribution in [-0.4, -0.2) is 45.3 Å². The molecule has 0 spiro atoms. The van der Waals surface area contributed by atoms with Gasteiger partial charge >= 0.3 is 0 Å². The van der Waals surface area contributed by atoms with Crippen LogP contribution in [0.15, 0.2) is 24.3 Å². The summed E-state index contributed by atoms with van der Waals surface area (Å²) >= 11 is 5.98. The van der Waals surface area contributed by atoms with Gasteiger partial charge in [-0.15, -0.1) is 0 Å². The number of likely N-dealkylation sites (N-methyl/N-ethyl adjacent to an activating group) is 1. The molecule has 2 unspecified atom stereocenters. The Morgan fingerprint density at radius 1 is 1.40 bits per heavy atom. The maximum atomic E-state index is 5.98. The summed E-state index contributed by atoms with van der Waals surface area (Å²) in [6.07, 6.45) is 2.60. The zero-order valence-corrected chi connectivity index (χ0v) is 13.2. The molecule has 0 aromatic heterocycles. The molecule has 2 rings (SSSR count). The summed E-state index contributed by atoms with van der Waals surface area (Å²) in [5, 5.41) is 4.26. The van der Waals surface area contributed by atoms with E-state index in [4.69, 9.17) is 16.3 Å². The molecule has 1 aliphatic heterocycles. The Morgan fingerprint density at radius 2 is 2.15 bits per heavy atom. The van der Waals surface area contributed by atoms with E-state index in [0.717, 1.165) is 24.0 Å². The Labute approximate surface area is 127 Å². The Morgan fingerprint density at radius 3 is 2.75 bits per heavy atom. The second kappa shape index (κ2) is 7.99. The fraction of sp³-hybridized carbons (Fsp3) is 0.625. The van der Waals surface area contributed by atoms with Crippen molar-refractivity contribution in [2.75, 3.05) is 40.4 Å². The van der Waals surface area contributed by atoms with Gasteiger partial charge in [0.15, 0.2) is 0 Å². The molecule has 20 heavy (non-hydrogen) atoms. The molecule has 1 aromatic rings. The Hall–Kier alpha value is -0.610. The molecule has 1 saturated heterocycles. The molecule has 1 aliphatic rings. The minimum absolute atomic E-state index is 0.291. The fourth-order valence-corrected chi connectivity index (χ4v) is 3.06. The number of rotatable bonds is 6. The van der Waals surface area contributed by atoms with Gasteiger partial charge in [0.2, 0.25) is 0 Å². The van der Waals surface area contributed by atoms with E-state index >= 15 is 0 Å². The van der Waals surface area contributed by atoms with Crippen molar-refractivity contribution in [3.63, 3.8) is 0 Å². The summed E-state index contributed by atoms with van der Waals surface area (Å²) in [6.45, 7) is 4.10. The molecule has 3 nitrogen and oxygen atoms in total. The summed E-state index contributed by atoms with van der Waals surface area (Å²) < 4.78 is 5.41. The van der Waals surface area contributed by atoms with Gasteiger partial charge in [-0.25, -0.2) is 0 Å². The SMILES string of the molecule is COCC(c1ccc(Cl)cc1)N(C)CC1CCCNC1. The molecule has 1 heterocycles. The van der Waals surface area contributed by atoms with Crippen molar-refractivity contribution in [3.05, 3.63) is 34.9 Å².